The van der Waals surface area contributed by atoms with Gasteiger partial charge in [-0.3, -0.25) is 4.79 Å². The third-order valence-corrected chi connectivity index (χ3v) is 0.804. The van der Waals surface area contributed by atoms with Gasteiger partial charge in [0.2, 0.25) is 0 Å². The van der Waals surface area contributed by atoms with E-state index in [2.05, 4.69) is 11.9 Å². The fourth-order valence-electron chi connectivity index (χ4n) is 0.307. The summed E-state index contributed by atoms with van der Waals surface area (Å²) in [6, 6.07) is 0. The summed E-state index contributed by atoms with van der Waals surface area (Å²) in [5, 5.41) is 2.42. The van der Waals surface area contributed by atoms with Gasteiger partial charge in [-0.2, -0.15) is 0 Å². The Labute approximate surface area is 60.4 Å². The standard InChI is InChI=1S/C7H11NO2/c1-3-4-5-10-6-7(9)8-2/h3-5H,1,6H2,2H3,(H,8,9)/b5-4+. The molecule has 0 fully saturated rings. The molecule has 1 amide bonds. The molecular formula is C7H11NO2. The number of amides is 1. The van der Waals surface area contributed by atoms with Gasteiger partial charge in [-0.15, -0.1) is 0 Å². The summed E-state index contributed by atoms with van der Waals surface area (Å²) in [7, 11) is 1.56. The lowest BCUT2D eigenvalue weighted by molar-refractivity contribution is -0.123. The predicted octanol–water partition coefficient (Wildman–Crippen LogP) is 0.449. The number of carbonyl (C=O) groups is 1. The Bertz CT molecular complexity index is 141. The van der Waals surface area contributed by atoms with Crippen LogP contribution in [0.4, 0.5) is 0 Å². The Kier molecular flexibility index (Phi) is 5.14. The summed E-state index contributed by atoms with van der Waals surface area (Å²) in [5.41, 5.74) is 0. The molecule has 0 atom stereocenters. The van der Waals surface area contributed by atoms with Crippen LogP contribution in [-0.4, -0.2) is 19.6 Å². The van der Waals surface area contributed by atoms with Gasteiger partial charge in [-0.05, 0) is 6.08 Å². The van der Waals surface area contributed by atoms with Crippen molar-refractivity contribution in [2.75, 3.05) is 13.7 Å². The first-order chi connectivity index (χ1) is 4.81. The number of likely N-dealkylation sites (N-methyl/N-ethyl adjacent to an activating group) is 1. The normalized spacial score (nSPS) is 9.30. The molecule has 0 rings (SSSR count). The summed E-state index contributed by atoms with van der Waals surface area (Å²) in [5.74, 6) is -0.145. The highest BCUT2D eigenvalue weighted by molar-refractivity contribution is 5.76. The zero-order chi connectivity index (χ0) is 7.82. The first-order valence-electron chi connectivity index (χ1n) is 2.91. The molecule has 56 valence electrons. The van der Waals surface area contributed by atoms with Crippen molar-refractivity contribution in [1.29, 1.82) is 0 Å². The fourth-order valence-corrected chi connectivity index (χ4v) is 0.307. The highest BCUT2D eigenvalue weighted by Gasteiger charge is 1.92. The fraction of sp³-hybridized carbons (Fsp3) is 0.286. The number of nitrogens with one attached hydrogen (secondary N) is 1. The average molecular weight is 141 g/mol. The van der Waals surface area contributed by atoms with Crippen molar-refractivity contribution >= 4 is 5.91 Å². The molecule has 0 radical (unpaired) electrons. The van der Waals surface area contributed by atoms with Gasteiger partial charge in [0, 0.05) is 7.05 Å². The van der Waals surface area contributed by atoms with Gasteiger partial charge in [0.1, 0.15) is 0 Å². The maximum Gasteiger partial charge on any atom is 0.257 e. The summed E-state index contributed by atoms with van der Waals surface area (Å²) >= 11 is 0. The average Bonchev–Trinajstić information content (AvgIpc) is 1.98. The van der Waals surface area contributed by atoms with Crippen LogP contribution in [-0.2, 0) is 9.53 Å². The molecule has 0 bridgehead atoms. The molecule has 0 unspecified atom stereocenters. The van der Waals surface area contributed by atoms with Gasteiger partial charge in [0.05, 0.1) is 6.26 Å². The van der Waals surface area contributed by atoms with Gasteiger partial charge in [0.15, 0.2) is 6.61 Å². The molecular weight excluding hydrogens is 130 g/mol. The lowest BCUT2D eigenvalue weighted by Crippen LogP contribution is -2.22. The molecule has 0 aliphatic rings. The third-order valence-electron chi connectivity index (χ3n) is 0.804. The van der Waals surface area contributed by atoms with Crippen molar-refractivity contribution in [1.82, 2.24) is 5.32 Å². The number of hydrogen-bond donors (Lipinski definition) is 1. The maximum atomic E-state index is 10.5. The molecule has 1 N–H and O–H groups in total. The van der Waals surface area contributed by atoms with E-state index < -0.39 is 0 Å². The lowest BCUT2D eigenvalue weighted by atomic mass is 10.6. The van der Waals surface area contributed by atoms with Crippen molar-refractivity contribution in [2.24, 2.45) is 0 Å². The molecule has 0 heterocycles. The monoisotopic (exact) mass is 141 g/mol. The highest BCUT2D eigenvalue weighted by Crippen LogP contribution is 1.77. The van der Waals surface area contributed by atoms with Crippen molar-refractivity contribution in [2.45, 2.75) is 0 Å². The highest BCUT2D eigenvalue weighted by atomic mass is 16.5. The van der Waals surface area contributed by atoms with Crippen LogP contribution in [0.1, 0.15) is 0 Å². The summed E-state index contributed by atoms with van der Waals surface area (Å²) in [4.78, 5) is 10.5. The summed E-state index contributed by atoms with van der Waals surface area (Å²) in [6.45, 7) is 3.49. The zero-order valence-electron chi connectivity index (χ0n) is 5.96. The predicted molar refractivity (Wildman–Crippen MR) is 39.4 cm³/mol. The zero-order valence-corrected chi connectivity index (χ0v) is 5.96. The second-order valence-electron chi connectivity index (χ2n) is 1.55. The largest absolute Gasteiger partial charge is 0.491 e. The van der Waals surface area contributed by atoms with Crippen LogP contribution >= 0.6 is 0 Å². The minimum absolute atomic E-state index is 0.0564. The molecule has 0 aliphatic heterocycles. The maximum absolute atomic E-state index is 10.5. The minimum Gasteiger partial charge on any atom is -0.491 e. The van der Waals surface area contributed by atoms with Crippen LogP contribution in [0.2, 0.25) is 0 Å². The third kappa shape index (κ3) is 4.90. The molecule has 3 nitrogen and oxygen atoms in total. The molecule has 0 saturated heterocycles. The van der Waals surface area contributed by atoms with E-state index in [0.29, 0.717) is 0 Å². The van der Waals surface area contributed by atoms with Gasteiger partial charge in [-0.1, -0.05) is 12.7 Å². The lowest BCUT2D eigenvalue weighted by Gasteiger charge is -1.96. The molecule has 3 heteroatoms. The number of ether oxygens (including phenoxy) is 1. The van der Waals surface area contributed by atoms with Gasteiger partial charge < -0.3 is 10.1 Å². The van der Waals surface area contributed by atoms with Crippen LogP contribution in [0.15, 0.2) is 25.0 Å². The minimum atomic E-state index is -0.145. The first kappa shape index (κ1) is 8.75. The smallest absolute Gasteiger partial charge is 0.257 e. The van der Waals surface area contributed by atoms with E-state index in [1.165, 1.54) is 6.26 Å². The quantitative estimate of drug-likeness (QED) is 0.456. The topological polar surface area (TPSA) is 38.3 Å². The molecule has 0 aromatic heterocycles. The van der Waals surface area contributed by atoms with Crippen LogP contribution in [0.25, 0.3) is 0 Å². The molecule has 0 aliphatic carbocycles. The van der Waals surface area contributed by atoms with Crippen molar-refractivity contribution < 1.29 is 9.53 Å². The van der Waals surface area contributed by atoms with Crippen LogP contribution in [0.3, 0.4) is 0 Å². The second kappa shape index (κ2) is 5.88. The number of allylic oxidation sites excluding steroid dienone is 2. The number of hydrogen-bond acceptors (Lipinski definition) is 2. The second-order valence-corrected chi connectivity index (χ2v) is 1.55. The van der Waals surface area contributed by atoms with Crippen LogP contribution in [0, 0.1) is 0 Å². The summed E-state index contributed by atoms with van der Waals surface area (Å²) < 4.78 is 4.76. The van der Waals surface area contributed by atoms with Crippen molar-refractivity contribution in [3.05, 3.63) is 25.0 Å². The van der Waals surface area contributed by atoms with Gasteiger partial charge in [-0.25, -0.2) is 0 Å². The van der Waals surface area contributed by atoms with Crippen molar-refractivity contribution in [3.8, 4) is 0 Å². The van der Waals surface area contributed by atoms with Gasteiger partial charge in [0.25, 0.3) is 5.91 Å². The number of rotatable bonds is 4. The Hall–Kier alpha value is -1.25. The summed E-state index contributed by atoms with van der Waals surface area (Å²) in [6.07, 6.45) is 4.61. The Morgan fingerprint density at radius 1 is 1.80 bits per heavy atom. The molecule has 0 saturated carbocycles. The first-order valence-corrected chi connectivity index (χ1v) is 2.91. The van der Waals surface area contributed by atoms with Crippen molar-refractivity contribution in [3.63, 3.8) is 0 Å². The van der Waals surface area contributed by atoms with Crippen LogP contribution < -0.4 is 5.32 Å². The molecule has 10 heavy (non-hydrogen) atoms. The molecule has 0 spiro atoms. The van der Waals surface area contributed by atoms with E-state index in [1.807, 2.05) is 0 Å². The van der Waals surface area contributed by atoms with E-state index in [0.717, 1.165) is 0 Å². The van der Waals surface area contributed by atoms with E-state index in [9.17, 15) is 4.79 Å². The number of carbonyl (C=O) groups excluding carboxylic acids is 1. The SMILES string of the molecule is C=C/C=C/OCC(=O)NC. The van der Waals surface area contributed by atoms with E-state index in [1.54, 1.807) is 19.2 Å². The Morgan fingerprint density at radius 3 is 3.00 bits per heavy atom. The van der Waals surface area contributed by atoms with E-state index in [-0.39, 0.29) is 12.5 Å². The Balaban J connectivity index is 3.27. The van der Waals surface area contributed by atoms with Gasteiger partial charge >= 0.3 is 0 Å². The van der Waals surface area contributed by atoms with Crippen LogP contribution in [0.5, 0.6) is 0 Å². The molecule has 0 aromatic carbocycles. The van der Waals surface area contributed by atoms with E-state index >= 15 is 0 Å². The van der Waals surface area contributed by atoms with E-state index in [4.69, 9.17) is 4.74 Å². The Morgan fingerprint density at radius 2 is 2.50 bits per heavy atom. The molecule has 0 aromatic rings.